The summed E-state index contributed by atoms with van der Waals surface area (Å²) in [6.07, 6.45) is 2.79. The fourth-order valence-electron chi connectivity index (χ4n) is 1.52. The smallest absolute Gasteiger partial charge is 0.328 e. The molecule has 0 saturated carbocycles. The third-order valence-electron chi connectivity index (χ3n) is 2.49. The maximum absolute atomic E-state index is 10.4. The summed E-state index contributed by atoms with van der Waals surface area (Å²) in [7, 11) is 0. The minimum absolute atomic E-state index is 0.911. The third-order valence-corrected chi connectivity index (χ3v) is 4.69. The Morgan fingerprint density at radius 1 is 1.37 bits per heavy atom. The number of benzene rings is 1. The molecule has 0 unspecified atom stereocenters. The molecule has 2 nitrogen and oxygen atoms in total. The minimum atomic E-state index is -0.915. The molecule has 1 aromatic carbocycles. The molecule has 0 aliphatic rings. The van der Waals surface area contributed by atoms with Gasteiger partial charge in [0, 0.05) is 21.6 Å². The van der Waals surface area contributed by atoms with E-state index in [2.05, 4.69) is 31.2 Å². The van der Waals surface area contributed by atoms with Crippen LogP contribution < -0.4 is 0 Å². The average molecular weight is 290 g/mol. The normalized spacial score (nSPS) is 11.0. The zero-order valence-electron chi connectivity index (χ0n) is 10.5. The Balaban J connectivity index is 1.93. The molecular weight excluding hydrogens is 276 g/mol. The van der Waals surface area contributed by atoms with Crippen molar-refractivity contribution in [1.82, 2.24) is 0 Å². The first-order valence-corrected chi connectivity index (χ1v) is 7.68. The van der Waals surface area contributed by atoms with Crippen molar-refractivity contribution < 1.29 is 9.90 Å². The summed E-state index contributed by atoms with van der Waals surface area (Å²) in [5, 5.41) is 10.5. The molecule has 98 valence electrons. The number of thioether (sulfide) groups is 1. The molecule has 0 spiro atoms. The summed E-state index contributed by atoms with van der Waals surface area (Å²) in [5.74, 6) is -0.00367. The first-order chi connectivity index (χ1) is 9.13. The standard InChI is InChI=1S/C15H14O2S2/c1-11-2-5-13(6-3-11)19-10-14-8-12(9-18-14)4-7-15(16)17/h2-9H,10H2,1H3,(H,16,17). The molecule has 0 atom stereocenters. The summed E-state index contributed by atoms with van der Waals surface area (Å²) < 4.78 is 0. The molecule has 0 radical (unpaired) electrons. The Morgan fingerprint density at radius 2 is 2.11 bits per heavy atom. The number of carboxylic acid groups (broad SMARTS) is 1. The topological polar surface area (TPSA) is 37.3 Å². The van der Waals surface area contributed by atoms with E-state index in [1.807, 2.05) is 11.4 Å². The molecule has 1 heterocycles. The van der Waals surface area contributed by atoms with Gasteiger partial charge in [-0.15, -0.1) is 23.1 Å². The van der Waals surface area contributed by atoms with Gasteiger partial charge in [-0.1, -0.05) is 17.7 Å². The summed E-state index contributed by atoms with van der Waals surface area (Å²) in [6.45, 7) is 2.08. The van der Waals surface area contributed by atoms with Crippen LogP contribution in [-0.2, 0) is 10.5 Å². The van der Waals surface area contributed by atoms with Gasteiger partial charge in [0.1, 0.15) is 0 Å². The molecule has 1 aromatic heterocycles. The van der Waals surface area contributed by atoms with Crippen LogP contribution in [0.5, 0.6) is 0 Å². The van der Waals surface area contributed by atoms with Crippen LogP contribution in [0.2, 0.25) is 0 Å². The van der Waals surface area contributed by atoms with Gasteiger partial charge in [-0.25, -0.2) is 4.79 Å². The van der Waals surface area contributed by atoms with Crippen molar-refractivity contribution in [2.24, 2.45) is 0 Å². The SMILES string of the molecule is Cc1ccc(SCc2cc(C=CC(=O)O)cs2)cc1. The number of rotatable bonds is 5. The lowest BCUT2D eigenvalue weighted by molar-refractivity contribution is -0.131. The highest BCUT2D eigenvalue weighted by atomic mass is 32.2. The van der Waals surface area contributed by atoms with Gasteiger partial charge >= 0.3 is 5.97 Å². The van der Waals surface area contributed by atoms with Crippen LogP contribution in [-0.4, -0.2) is 11.1 Å². The zero-order chi connectivity index (χ0) is 13.7. The molecule has 0 amide bonds. The van der Waals surface area contributed by atoms with E-state index in [0.29, 0.717) is 0 Å². The molecule has 0 bridgehead atoms. The van der Waals surface area contributed by atoms with Gasteiger partial charge < -0.3 is 5.11 Å². The van der Waals surface area contributed by atoms with Crippen LogP contribution >= 0.6 is 23.1 Å². The Hall–Kier alpha value is -1.52. The number of hydrogen-bond acceptors (Lipinski definition) is 3. The lowest BCUT2D eigenvalue weighted by atomic mass is 10.2. The minimum Gasteiger partial charge on any atom is -0.478 e. The fourth-order valence-corrected chi connectivity index (χ4v) is 3.33. The highest BCUT2D eigenvalue weighted by Gasteiger charge is 2.00. The quantitative estimate of drug-likeness (QED) is 0.653. The fraction of sp³-hybridized carbons (Fsp3) is 0.133. The summed E-state index contributed by atoms with van der Waals surface area (Å²) in [4.78, 5) is 12.9. The van der Waals surface area contributed by atoms with Crippen LogP contribution in [0.25, 0.3) is 6.08 Å². The summed E-state index contributed by atoms with van der Waals surface area (Å²) in [5.41, 5.74) is 2.22. The molecule has 1 N–H and O–H groups in total. The van der Waals surface area contributed by atoms with Crippen LogP contribution in [0.15, 0.2) is 46.7 Å². The van der Waals surface area contributed by atoms with E-state index in [-0.39, 0.29) is 0 Å². The van der Waals surface area contributed by atoms with Gasteiger partial charge in [0.15, 0.2) is 0 Å². The average Bonchev–Trinajstić information content (AvgIpc) is 2.84. The molecule has 0 aliphatic heterocycles. The van der Waals surface area contributed by atoms with E-state index in [9.17, 15) is 4.79 Å². The molecule has 2 rings (SSSR count). The number of thiophene rings is 1. The number of aryl methyl sites for hydroxylation is 1. The molecular formula is C15H14O2S2. The lowest BCUT2D eigenvalue weighted by Crippen LogP contribution is -1.84. The summed E-state index contributed by atoms with van der Waals surface area (Å²) >= 11 is 3.45. The van der Waals surface area contributed by atoms with Crippen LogP contribution in [0, 0.1) is 6.92 Å². The van der Waals surface area contributed by atoms with E-state index in [0.717, 1.165) is 11.3 Å². The predicted octanol–water partition coefficient (Wildman–Crippen LogP) is 4.45. The molecule has 0 saturated heterocycles. The number of aliphatic carboxylic acids is 1. The van der Waals surface area contributed by atoms with E-state index in [1.54, 1.807) is 29.2 Å². The summed E-state index contributed by atoms with van der Waals surface area (Å²) in [6, 6.07) is 10.5. The Labute approximate surface area is 120 Å². The molecule has 2 aromatic rings. The second-order valence-electron chi connectivity index (χ2n) is 4.12. The van der Waals surface area contributed by atoms with E-state index in [4.69, 9.17) is 5.11 Å². The van der Waals surface area contributed by atoms with Crippen LogP contribution in [0.1, 0.15) is 16.0 Å². The van der Waals surface area contributed by atoms with Crippen LogP contribution in [0.3, 0.4) is 0 Å². The molecule has 0 aliphatic carbocycles. The highest BCUT2D eigenvalue weighted by Crippen LogP contribution is 2.26. The predicted molar refractivity (Wildman–Crippen MR) is 81.7 cm³/mol. The third kappa shape index (κ3) is 4.58. The van der Waals surface area contributed by atoms with Gasteiger partial charge in [0.25, 0.3) is 0 Å². The zero-order valence-corrected chi connectivity index (χ0v) is 12.1. The highest BCUT2D eigenvalue weighted by molar-refractivity contribution is 7.98. The second kappa shape index (κ2) is 6.59. The van der Waals surface area contributed by atoms with E-state index < -0.39 is 5.97 Å². The first-order valence-electron chi connectivity index (χ1n) is 5.81. The van der Waals surface area contributed by atoms with Gasteiger partial charge in [-0.05, 0) is 42.1 Å². The van der Waals surface area contributed by atoms with Gasteiger partial charge in [-0.3, -0.25) is 0 Å². The maximum atomic E-state index is 10.4. The Morgan fingerprint density at radius 3 is 2.79 bits per heavy atom. The van der Waals surface area contributed by atoms with Crippen molar-refractivity contribution in [2.75, 3.05) is 0 Å². The second-order valence-corrected chi connectivity index (χ2v) is 6.16. The number of carboxylic acids is 1. The Kier molecular flexibility index (Phi) is 4.82. The monoisotopic (exact) mass is 290 g/mol. The number of hydrogen-bond donors (Lipinski definition) is 1. The van der Waals surface area contributed by atoms with Crippen molar-refractivity contribution in [2.45, 2.75) is 17.6 Å². The Bertz CT molecular complexity index is 582. The molecule has 19 heavy (non-hydrogen) atoms. The maximum Gasteiger partial charge on any atom is 0.328 e. The number of carbonyl (C=O) groups is 1. The van der Waals surface area contributed by atoms with Gasteiger partial charge in [0.2, 0.25) is 0 Å². The molecule has 0 fully saturated rings. The lowest BCUT2D eigenvalue weighted by Gasteiger charge is -2.00. The van der Waals surface area contributed by atoms with Crippen molar-refractivity contribution >= 4 is 35.1 Å². The van der Waals surface area contributed by atoms with E-state index >= 15 is 0 Å². The first kappa shape index (κ1) is 13.9. The van der Waals surface area contributed by atoms with Gasteiger partial charge in [-0.2, -0.15) is 0 Å². The van der Waals surface area contributed by atoms with Crippen molar-refractivity contribution in [3.05, 3.63) is 57.8 Å². The van der Waals surface area contributed by atoms with Crippen molar-refractivity contribution in [3.8, 4) is 0 Å². The van der Waals surface area contributed by atoms with E-state index in [1.165, 1.54) is 21.4 Å². The van der Waals surface area contributed by atoms with Crippen molar-refractivity contribution in [3.63, 3.8) is 0 Å². The van der Waals surface area contributed by atoms with Crippen molar-refractivity contribution in [1.29, 1.82) is 0 Å². The van der Waals surface area contributed by atoms with Crippen LogP contribution in [0.4, 0.5) is 0 Å². The largest absolute Gasteiger partial charge is 0.478 e. The van der Waals surface area contributed by atoms with Gasteiger partial charge in [0.05, 0.1) is 0 Å². The molecule has 4 heteroatoms.